The van der Waals surface area contributed by atoms with Gasteiger partial charge in [0.15, 0.2) is 23.0 Å². The van der Waals surface area contributed by atoms with Gasteiger partial charge in [0.25, 0.3) is 0 Å². The van der Waals surface area contributed by atoms with E-state index in [2.05, 4.69) is 0 Å². The Morgan fingerprint density at radius 3 is 1.58 bits per heavy atom. The van der Waals surface area contributed by atoms with Crippen LogP contribution in [0.2, 0.25) is 0 Å². The lowest BCUT2D eigenvalue weighted by molar-refractivity contribution is -0.137. The summed E-state index contributed by atoms with van der Waals surface area (Å²) in [4.78, 5) is 12.1. The van der Waals surface area contributed by atoms with Crippen LogP contribution >= 0.6 is 0 Å². The molecule has 8 heteroatoms. The van der Waals surface area contributed by atoms with Gasteiger partial charge in [0.1, 0.15) is 0 Å². The minimum absolute atomic E-state index is 0.192. The molecule has 0 aliphatic rings. The average molecular weight is 432 g/mol. The molecule has 0 radical (unpaired) electrons. The van der Waals surface area contributed by atoms with Gasteiger partial charge in [-0.1, -0.05) is 0 Å². The molecule has 0 spiro atoms. The van der Waals surface area contributed by atoms with Gasteiger partial charge < -0.3 is 33.2 Å². The molecule has 0 saturated carbocycles. The number of hydrogen-bond acceptors (Lipinski definition) is 8. The molecule has 2 aromatic carbocycles. The molecule has 2 rings (SSSR count). The van der Waals surface area contributed by atoms with Crippen LogP contribution in [0.3, 0.4) is 0 Å². The zero-order chi connectivity index (χ0) is 22.8. The Kier molecular flexibility index (Phi) is 8.87. The van der Waals surface area contributed by atoms with E-state index in [-0.39, 0.29) is 6.61 Å². The second kappa shape index (κ2) is 11.6. The fourth-order valence-electron chi connectivity index (χ4n) is 2.96. The van der Waals surface area contributed by atoms with E-state index >= 15 is 0 Å². The van der Waals surface area contributed by atoms with Gasteiger partial charge in [-0.05, 0) is 41.5 Å². The number of carbonyl (C=O) groups excluding carboxylic acids is 1. The van der Waals surface area contributed by atoms with E-state index in [1.165, 1.54) is 27.4 Å². The summed E-state index contributed by atoms with van der Waals surface area (Å²) in [6.07, 6.45) is 3.45. The van der Waals surface area contributed by atoms with E-state index in [1.807, 2.05) is 12.1 Å². The first-order valence-corrected chi connectivity index (χ1v) is 9.44. The second-order valence-corrected chi connectivity index (χ2v) is 6.24. The van der Waals surface area contributed by atoms with E-state index in [0.29, 0.717) is 46.5 Å². The van der Waals surface area contributed by atoms with Crippen LogP contribution in [0.25, 0.3) is 6.08 Å². The quantitative estimate of drug-likeness (QED) is 0.394. The molecule has 0 aromatic heterocycles. The molecule has 0 N–H and O–H groups in total. The number of esters is 1. The van der Waals surface area contributed by atoms with Crippen molar-refractivity contribution < 1.29 is 38.0 Å². The number of carbonyl (C=O) groups is 1. The lowest BCUT2D eigenvalue weighted by Gasteiger charge is -2.14. The van der Waals surface area contributed by atoms with Gasteiger partial charge in [0, 0.05) is 12.5 Å². The minimum Gasteiger partial charge on any atom is -0.493 e. The standard InChI is InChI=1S/C23H28O8/c1-25-17-11-15(12-18(26-2)22(17)29-5)7-8-21(24)31-10-9-16-13-19(27-3)23(30-6)20(14-16)28-4/h7-8,11-14H,9-10H2,1-6H3/b8-7+. The van der Waals surface area contributed by atoms with Gasteiger partial charge in [-0.15, -0.1) is 0 Å². The SMILES string of the molecule is COc1cc(/C=C/C(=O)OCCc2cc(OC)c(OC)c(OC)c2)cc(OC)c1OC. The van der Waals surface area contributed by atoms with Crippen molar-refractivity contribution in [1.82, 2.24) is 0 Å². The van der Waals surface area contributed by atoms with Crippen molar-refractivity contribution in [2.75, 3.05) is 49.3 Å². The molecule has 0 heterocycles. The molecule has 0 bridgehead atoms. The topological polar surface area (TPSA) is 81.7 Å². The van der Waals surface area contributed by atoms with E-state index in [4.69, 9.17) is 33.2 Å². The molecular weight excluding hydrogens is 404 g/mol. The Balaban J connectivity index is 2.02. The molecule has 0 aliphatic heterocycles. The molecule has 31 heavy (non-hydrogen) atoms. The van der Waals surface area contributed by atoms with Crippen molar-refractivity contribution >= 4 is 12.0 Å². The number of rotatable bonds is 11. The molecule has 168 valence electrons. The third-order valence-corrected chi connectivity index (χ3v) is 4.46. The minimum atomic E-state index is -0.471. The van der Waals surface area contributed by atoms with Crippen LogP contribution < -0.4 is 28.4 Å². The molecule has 0 amide bonds. The van der Waals surface area contributed by atoms with Crippen LogP contribution in [0.5, 0.6) is 34.5 Å². The Bertz CT molecular complexity index is 870. The average Bonchev–Trinajstić information content (AvgIpc) is 2.80. The maximum atomic E-state index is 12.1. The van der Waals surface area contributed by atoms with Crippen LogP contribution in [0, 0.1) is 0 Å². The number of hydrogen-bond donors (Lipinski definition) is 0. The summed E-state index contributed by atoms with van der Waals surface area (Å²) in [6.45, 7) is 0.192. The molecule has 0 atom stereocenters. The Morgan fingerprint density at radius 2 is 1.16 bits per heavy atom. The van der Waals surface area contributed by atoms with Crippen molar-refractivity contribution in [1.29, 1.82) is 0 Å². The zero-order valence-corrected chi connectivity index (χ0v) is 18.6. The summed E-state index contributed by atoms with van der Waals surface area (Å²) >= 11 is 0. The van der Waals surface area contributed by atoms with Crippen LogP contribution in [0.1, 0.15) is 11.1 Å². The summed E-state index contributed by atoms with van der Waals surface area (Å²) in [5.74, 6) is 2.61. The van der Waals surface area contributed by atoms with Crippen LogP contribution in [-0.4, -0.2) is 55.2 Å². The summed E-state index contributed by atoms with van der Waals surface area (Å²) in [7, 11) is 9.23. The summed E-state index contributed by atoms with van der Waals surface area (Å²) in [5.41, 5.74) is 1.59. The lowest BCUT2D eigenvalue weighted by Crippen LogP contribution is -2.05. The van der Waals surface area contributed by atoms with Crippen LogP contribution in [0.15, 0.2) is 30.3 Å². The fraction of sp³-hybridized carbons (Fsp3) is 0.348. The predicted molar refractivity (Wildman–Crippen MR) is 116 cm³/mol. The highest BCUT2D eigenvalue weighted by atomic mass is 16.5. The number of ether oxygens (including phenoxy) is 7. The van der Waals surface area contributed by atoms with E-state index in [1.54, 1.807) is 39.5 Å². The summed E-state index contributed by atoms with van der Waals surface area (Å²) in [6, 6.07) is 7.12. The molecule has 2 aromatic rings. The van der Waals surface area contributed by atoms with Crippen molar-refractivity contribution in [3.8, 4) is 34.5 Å². The molecule has 0 fully saturated rings. The highest BCUT2D eigenvalue weighted by molar-refractivity contribution is 5.87. The molecular formula is C23H28O8. The van der Waals surface area contributed by atoms with Crippen molar-refractivity contribution in [3.63, 3.8) is 0 Å². The third-order valence-electron chi connectivity index (χ3n) is 4.46. The summed E-state index contributed by atoms with van der Waals surface area (Å²) < 4.78 is 37.2. The Hall–Kier alpha value is -3.55. The maximum Gasteiger partial charge on any atom is 0.330 e. The van der Waals surface area contributed by atoms with Crippen LogP contribution in [-0.2, 0) is 16.0 Å². The Labute approximate surface area is 182 Å². The molecule has 0 saturated heterocycles. The maximum absolute atomic E-state index is 12.1. The summed E-state index contributed by atoms with van der Waals surface area (Å²) in [5, 5.41) is 0. The molecule has 0 unspecified atom stereocenters. The first kappa shape index (κ1) is 23.7. The number of benzene rings is 2. The van der Waals surface area contributed by atoms with Gasteiger partial charge in [-0.3, -0.25) is 0 Å². The normalized spacial score (nSPS) is 10.5. The van der Waals surface area contributed by atoms with Gasteiger partial charge in [-0.2, -0.15) is 0 Å². The van der Waals surface area contributed by atoms with E-state index < -0.39 is 5.97 Å². The monoisotopic (exact) mass is 432 g/mol. The smallest absolute Gasteiger partial charge is 0.330 e. The third kappa shape index (κ3) is 5.97. The van der Waals surface area contributed by atoms with E-state index in [9.17, 15) is 4.79 Å². The van der Waals surface area contributed by atoms with E-state index in [0.717, 1.165) is 5.56 Å². The first-order chi connectivity index (χ1) is 15.0. The second-order valence-electron chi connectivity index (χ2n) is 6.24. The van der Waals surface area contributed by atoms with Crippen molar-refractivity contribution in [2.24, 2.45) is 0 Å². The van der Waals surface area contributed by atoms with Crippen LogP contribution in [0.4, 0.5) is 0 Å². The highest BCUT2D eigenvalue weighted by Crippen LogP contribution is 2.39. The van der Waals surface area contributed by atoms with Gasteiger partial charge in [0.05, 0.1) is 49.3 Å². The van der Waals surface area contributed by atoms with Crippen molar-refractivity contribution in [2.45, 2.75) is 6.42 Å². The Morgan fingerprint density at radius 1 is 0.710 bits per heavy atom. The van der Waals surface area contributed by atoms with Gasteiger partial charge in [0.2, 0.25) is 11.5 Å². The van der Waals surface area contributed by atoms with Crippen molar-refractivity contribution in [3.05, 3.63) is 41.5 Å². The largest absolute Gasteiger partial charge is 0.493 e. The lowest BCUT2D eigenvalue weighted by atomic mass is 10.1. The highest BCUT2D eigenvalue weighted by Gasteiger charge is 2.14. The predicted octanol–water partition coefficient (Wildman–Crippen LogP) is 3.54. The van der Waals surface area contributed by atoms with Gasteiger partial charge in [-0.25, -0.2) is 4.79 Å². The molecule has 8 nitrogen and oxygen atoms in total. The number of methoxy groups -OCH3 is 6. The zero-order valence-electron chi connectivity index (χ0n) is 18.6. The fourth-order valence-corrected chi connectivity index (χ4v) is 2.96. The molecule has 0 aliphatic carbocycles. The first-order valence-electron chi connectivity index (χ1n) is 9.44. The van der Waals surface area contributed by atoms with Gasteiger partial charge >= 0.3 is 5.97 Å².